The van der Waals surface area contributed by atoms with Crippen LogP contribution in [0.15, 0.2) is 12.1 Å². The molecule has 1 fully saturated rings. The molecule has 0 unspecified atom stereocenters. The van der Waals surface area contributed by atoms with E-state index in [0.717, 1.165) is 43.6 Å². The van der Waals surface area contributed by atoms with Gasteiger partial charge in [0.25, 0.3) is 5.69 Å². The molecule has 1 aliphatic heterocycles. The summed E-state index contributed by atoms with van der Waals surface area (Å²) in [5, 5.41) is 11.3. The molecule has 0 saturated carbocycles. The average molecular weight is 255 g/mol. The Morgan fingerprint density at radius 2 is 2.06 bits per heavy atom. The van der Waals surface area contributed by atoms with Gasteiger partial charge in [-0.3, -0.25) is 10.1 Å². The summed E-state index contributed by atoms with van der Waals surface area (Å²) in [5.74, 6) is 0. The molecule has 0 atom stereocenters. The van der Waals surface area contributed by atoms with E-state index in [-0.39, 0.29) is 5.69 Å². The summed E-state index contributed by atoms with van der Waals surface area (Å²) >= 11 is 6.19. The van der Waals surface area contributed by atoms with Crippen LogP contribution in [0.25, 0.3) is 0 Å². The van der Waals surface area contributed by atoms with Gasteiger partial charge in [0, 0.05) is 25.2 Å². The van der Waals surface area contributed by atoms with E-state index in [2.05, 4.69) is 4.90 Å². The highest BCUT2D eigenvalue weighted by molar-refractivity contribution is 6.33. The normalized spacial score (nSPS) is 15.3. The third-order valence-electron chi connectivity index (χ3n) is 3.14. The molecule has 0 aliphatic carbocycles. The second-order valence-electron chi connectivity index (χ2n) is 4.24. The second kappa shape index (κ2) is 4.92. The first-order chi connectivity index (χ1) is 8.13. The number of nitro benzene ring substituents is 1. The minimum Gasteiger partial charge on any atom is -0.370 e. The van der Waals surface area contributed by atoms with Crippen molar-refractivity contribution in [1.82, 2.24) is 0 Å². The second-order valence-corrected chi connectivity index (χ2v) is 4.65. The Hall–Kier alpha value is -1.29. The maximum atomic E-state index is 10.8. The smallest absolute Gasteiger partial charge is 0.271 e. The molecule has 0 bridgehead atoms. The van der Waals surface area contributed by atoms with Crippen LogP contribution in [0.2, 0.25) is 5.02 Å². The van der Waals surface area contributed by atoms with Crippen LogP contribution in [0.1, 0.15) is 25.3 Å². The van der Waals surface area contributed by atoms with Gasteiger partial charge in [0.1, 0.15) is 0 Å². The van der Waals surface area contributed by atoms with Crippen LogP contribution in [0.5, 0.6) is 0 Å². The molecule has 1 aliphatic rings. The van der Waals surface area contributed by atoms with E-state index in [4.69, 9.17) is 11.6 Å². The number of hydrogen-bond donors (Lipinski definition) is 0. The molecule has 1 aromatic carbocycles. The van der Waals surface area contributed by atoms with Gasteiger partial charge in [-0.1, -0.05) is 18.5 Å². The maximum Gasteiger partial charge on any atom is 0.271 e. The fourth-order valence-electron chi connectivity index (χ4n) is 2.31. The number of nitrogens with zero attached hydrogens (tertiary/aromatic N) is 2. The molecule has 0 amide bonds. The van der Waals surface area contributed by atoms with Crippen LogP contribution in [0.3, 0.4) is 0 Å². The summed E-state index contributed by atoms with van der Waals surface area (Å²) in [6, 6.07) is 3.09. The molecule has 0 aromatic heterocycles. The molecular formula is C12H15ClN2O2. The molecular weight excluding hydrogens is 240 g/mol. The Bertz CT molecular complexity index is 442. The quantitative estimate of drug-likeness (QED) is 0.613. The van der Waals surface area contributed by atoms with Crippen LogP contribution in [-0.2, 0) is 6.42 Å². The van der Waals surface area contributed by atoms with Gasteiger partial charge < -0.3 is 4.90 Å². The van der Waals surface area contributed by atoms with Crippen LogP contribution >= 0.6 is 11.6 Å². The monoisotopic (exact) mass is 254 g/mol. The number of nitro groups is 1. The first-order valence-electron chi connectivity index (χ1n) is 5.85. The van der Waals surface area contributed by atoms with Gasteiger partial charge in [0.2, 0.25) is 0 Å². The van der Waals surface area contributed by atoms with Gasteiger partial charge in [0.05, 0.1) is 15.6 Å². The largest absolute Gasteiger partial charge is 0.370 e. The molecule has 1 saturated heterocycles. The Balaban J connectivity index is 2.46. The fourth-order valence-corrected chi connectivity index (χ4v) is 2.66. The summed E-state index contributed by atoms with van der Waals surface area (Å²) in [4.78, 5) is 12.6. The molecule has 17 heavy (non-hydrogen) atoms. The lowest BCUT2D eigenvalue weighted by molar-refractivity contribution is -0.384. The predicted molar refractivity (Wildman–Crippen MR) is 68.9 cm³/mol. The molecule has 0 radical (unpaired) electrons. The SMILES string of the molecule is CCc1cc([N+](=O)[O-])cc(Cl)c1N1CCCC1. The molecule has 4 nitrogen and oxygen atoms in total. The van der Waals surface area contributed by atoms with E-state index in [1.165, 1.54) is 6.07 Å². The van der Waals surface area contributed by atoms with E-state index in [0.29, 0.717) is 5.02 Å². The van der Waals surface area contributed by atoms with Crippen molar-refractivity contribution >= 4 is 23.0 Å². The van der Waals surface area contributed by atoms with Gasteiger partial charge in [-0.05, 0) is 24.8 Å². The zero-order valence-corrected chi connectivity index (χ0v) is 10.5. The highest BCUT2D eigenvalue weighted by Crippen LogP contribution is 2.36. The Kier molecular flexibility index (Phi) is 3.52. The molecule has 2 rings (SSSR count). The number of non-ortho nitro benzene ring substituents is 1. The average Bonchev–Trinajstić information content (AvgIpc) is 2.80. The Labute approximate surface area is 105 Å². The van der Waals surface area contributed by atoms with Crippen molar-refractivity contribution in [2.24, 2.45) is 0 Å². The maximum absolute atomic E-state index is 10.8. The van der Waals surface area contributed by atoms with E-state index < -0.39 is 4.92 Å². The Morgan fingerprint density at radius 1 is 1.41 bits per heavy atom. The highest BCUT2D eigenvalue weighted by atomic mass is 35.5. The first-order valence-corrected chi connectivity index (χ1v) is 6.23. The number of benzene rings is 1. The zero-order valence-electron chi connectivity index (χ0n) is 9.78. The van der Waals surface area contributed by atoms with Gasteiger partial charge in [-0.25, -0.2) is 0 Å². The molecule has 1 heterocycles. The molecule has 0 spiro atoms. The summed E-state index contributed by atoms with van der Waals surface area (Å²) in [5.41, 5.74) is 2.03. The number of aryl methyl sites for hydroxylation is 1. The Morgan fingerprint density at radius 3 is 2.59 bits per heavy atom. The van der Waals surface area contributed by atoms with Crippen molar-refractivity contribution in [3.05, 3.63) is 32.8 Å². The van der Waals surface area contributed by atoms with Gasteiger partial charge in [-0.15, -0.1) is 0 Å². The third kappa shape index (κ3) is 2.36. The minimum absolute atomic E-state index is 0.0785. The molecule has 92 valence electrons. The summed E-state index contributed by atoms with van der Waals surface area (Å²) in [7, 11) is 0. The standard InChI is InChI=1S/C12H15ClN2O2/c1-2-9-7-10(15(16)17)8-11(13)12(9)14-5-3-4-6-14/h7-8H,2-6H2,1H3. The number of halogens is 1. The fraction of sp³-hybridized carbons (Fsp3) is 0.500. The van der Waals surface area contributed by atoms with E-state index in [1.807, 2.05) is 6.92 Å². The zero-order chi connectivity index (χ0) is 12.4. The predicted octanol–water partition coefficient (Wildman–Crippen LogP) is 3.41. The minimum atomic E-state index is -0.390. The van der Waals surface area contributed by atoms with Crippen LogP contribution in [0.4, 0.5) is 11.4 Å². The molecule has 0 N–H and O–H groups in total. The van der Waals surface area contributed by atoms with Crippen molar-refractivity contribution < 1.29 is 4.92 Å². The lowest BCUT2D eigenvalue weighted by Crippen LogP contribution is -2.19. The number of rotatable bonds is 3. The van der Waals surface area contributed by atoms with E-state index >= 15 is 0 Å². The summed E-state index contributed by atoms with van der Waals surface area (Å²) < 4.78 is 0. The van der Waals surface area contributed by atoms with Gasteiger partial charge in [0.15, 0.2) is 0 Å². The van der Waals surface area contributed by atoms with Crippen LogP contribution in [-0.4, -0.2) is 18.0 Å². The lowest BCUT2D eigenvalue weighted by atomic mass is 10.1. The van der Waals surface area contributed by atoms with E-state index in [1.54, 1.807) is 6.07 Å². The van der Waals surface area contributed by atoms with Crippen molar-refractivity contribution in [2.45, 2.75) is 26.2 Å². The van der Waals surface area contributed by atoms with Gasteiger partial charge in [-0.2, -0.15) is 0 Å². The summed E-state index contributed by atoms with van der Waals surface area (Å²) in [6.07, 6.45) is 3.08. The van der Waals surface area contributed by atoms with Crippen LogP contribution in [0, 0.1) is 10.1 Å². The third-order valence-corrected chi connectivity index (χ3v) is 3.43. The summed E-state index contributed by atoms with van der Waals surface area (Å²) in [6.45, 7) is 3.98. The number of anilines is 1. The van der Waals surface area contributed by atoms with Crippen molar-refractivity contribution in [1.29, 1.82) is 0 Å². The first kappa shape index (κ1) is 12.2. The number of hydrogen-bond acceptors (Lipinski definition) is 3. The van der Waals surface area contributed by atoms with Crippen molar-refractivity contribution in [3.63, 3.8) is 0 Å². The van der Waals surface area contributed by atoms with Crippen molar-refractivity contribution in [3.8, 4) is 0 Å². The van der Waals surface area contributed by atoms with Gasteiger partial charge >= 0.3 is 0 Å². The highest BCUT2D eigenvalue weighted by Gasteiger charge is 2.21. The molecule has 1 aromatic rings. The lowest BCUT2D eigenvalue weighted by Gasteiger charge is -2.22. The molecule has 5 heteroatoms. The topological polar surface area (TPSA) is 46.4 Å². The van der Waals surface area contributed by atoms with E-state index in [9.17, 15) is 10.1 Å². The van der Waals surface area contributed by atoms with Crippen LogP contribution < -0.4 is 4.90 Å². The van der Waals surface area contributed by atoms with Crippen molar-refractivity contribution in [2.75, 3.05) is 18.0 Å².